The number of anilines is 1. The minimum atomic E-state index is -3.85. The first-order chi connectivity index (χ1) is 13.7. The highest BCUT2D eigenvalue weighted by atomic mass is 35.5. The van der Waals surface area contributed by atoms with Gasteiger partial charge in [0.05, 0.1) is 5.69 Å². The van der Waals surface area contributed by atoms with Gasteiger partial charge in [-0.3, -0.25) is 15.6 Å². The molecular formula is C17H16ClF3N4O3S. The number of hydrogen-bond donors (Lipinski definition) is 2. The molecule has 29 heavy (non-hydrogen) atoms. The first kappa shape index (κ1) is 21.3. The summed E-state index contributed by atoms with van der Waals surface area (Å²) in [7, 11) is -3.85. The molecule has 1 amide bonds. The summed E-state index contributed by atoms with van der Waals surface area (Å²) >= 11 is 5.87. The van der Waals surface area contributed by atoms with E-state index >= 15 is 0 Å². The molecule has 2 aromatic rings. The number of halogens is 4. The molecule has 0 atom stereocenters. The molecule has 3 rings (SSSR count). The molecule has 1 fully saturated rings. The standard InChI is InChI=1S/C17H16ClF3N4O3S/c18-16-13(2-1-7-22-16)29(27,28)25-8-5-10(6-9-25)17(26)24-23-12-4-3-11(19)14(20)15(12)21/h1-4,7,10,23H,5-6,8-9H2,(H,24,26). The molecular weight excluding hydrogens is 433 g/mol. The number of carbonyl (C=O) groups excluding carboxylic acids is 1. The highest BCUT2D eigenvalue weighted by molar-refractivity contribution is 7.89. The molecule has 1 aromatic heterocycles. The number of aromatic nitrogens is 1. The van der Waals surface area contributed by atoms with E-state index < -0.39 is 45.0 Å². The number of sulfonamides is 1. The van der Waals surface area contributed by atoms with Crippen molar-refractivity contribution in [3.8, 4) is 0 Å². The molecule has 0 aliphatic carbocycles. The summed E-state index contributed by atoms with van der Waals surface area (Å²) in [5, 5.41) is -0.134. The predicted molar refractivity (Wildman–Crippen MR) is 98.8 cm³/mol. The van der Waals surface area contributed by atoms with E-state index in [0.29, 0.717) is 0 Å². The Balaban J connectivity index is 1.59. The van der Waals surface area contributed by atoms with Crippen molar-refractivity contribution in [2.45, 2.75) is 17.7 Å². The number of benzene rings is 1. The second-order valence-electron chi connectivity index (χ2n) is 6.31. The van der Waals surface area contributed by atoms with Crippen LogP contribution >= 0.6 is 11.6 Å². The summed E-state index contributed by atoms with van der Waals surface area (Å²) in [5.41, 5.74) is 4.02. The Bertz CT molecular complexity index is 1030. The van der Waals surface area contributed by atoms with Gasteiger partial charge in [-0.15, -0.1) is 0 Å². The Morgan fingerprint density at radius 2 is 1.83 bits per heavy atom. The number of hydrogen-bond acceptors (Lipinski definition) is 5. The Labute approximate surface area is 169 Å². The SMILES string of the molecule is O=C(NNc1ccc(F)c(F)c1F)C1CCN(S(=O)(=O)c2cccnc2Cl)CC1. The molecule has 7 nitrogen and oxygen atoms in total. The van der Waals surface area contributed by atoms with Gasteiger partial charge in [-0.25, -0.2) is 26.6 Å². The van der Waals surface area contributed by atoms with Crippen molar-refractivity contribution in [3.05, 3.63) is 53.1 Å². The van der Waals surface area contributed by atoms with Crippen LogP contribution in [0.25, 0.3) is 0 Å². The number of pyridine rings is 1. The second-order valence-corrected chi connectivity index (χ2v) is 8.57. The Morgan fingerprint density at radius 1 is 1.14 bits per heavy atom. The Kier molecular flexibility index (Phi) is 6.30. The van der Waals surface area contributed by atoms with Gasteiger partial charge in [0.1, 0.15) is 10.0 Å². The Morgan fingerprint density at radius 3 is 2.48 bits per heavy atom. The number of hydrazine groups is 1. The van der Waals surface area contributed by atoms with Crippen LogP contribution in [-0.2, 0) is 14.8 Å². The first-order valence-electron chi connectivity index (χ1n) is 8.52. The molecule has 2 heterocycles. The summed E-state index contributed by atoms with van der Waals surface area (Å²) in [4.78, 5) is 15.9. The number of nitrogens with zero attached hydrogens (tertiary/aromatic N) is 2. The van der Waals surface area contributed by atoms with Crippen LogP contribution in [0.2, 0.25) is 5.15 Å². The fraction of sp³-hybridized carbons (Fsp3) is 0.294. The third-order valence-corrected chi connectivity index (χ3v) is 6.87. The lowest BCUT2D eigenvalue weighted by atomic mass is 9.98. The highest BCUT2D eigenvalue weighted by Crippen LogP contribution is 2.27. The fourth-order valence-corrected chi connectivity index (χ4v) is 4.81. The minimum Gasteiger partial charge on any atom is -0.296 e. The van der Waals surface area contributed by atoms with Crippen LogP contribution in [0.1, 0.15) is 12.8 Å². The van der Waals surface area contributed by atoms with Crippen molar-refractivity contribution >= 4 is 33.2 Å². The quantitative estimate of drug-likeness (QED) is 0.417. The number of amides is 1. The van der Waals surface area contributed by atoms with E-state index in [2.05, 4.69) is 15.8 Å². The molecule has 0 spiro atoms. The number of carbonyl (C=O) groups is 1. The second kappa shape index (κ2) is 8.56. The molecule has 0 unspecified atom stereocenters. The van der Waals surface area contributed by atoms with Crippen molar-refractivity contribution < 1.29 is 26.4 Å². The average Bonchev–Trinajstić information content (AvgIpc) is 2.71. The van der Waals surface area contributed by atoms with Crippen LogP contribution < -0.4 is 10.9 Å². The Hall–Kier alpha value is -2.37. The highest BCUT2D eigenvalue weighted by Gasteiger charge is 2.33. The zero-order valence-electron chi connectivity index (χ0n) is 14.8. The molecule has 1 aliphatic rings. The van der Waals surface area contributed by atoms with E-state index in [0.717, 1.165) is 12.1 Å². The van der Waals surface area contributed by atoms with Crippen LogP contribution in [0.15, 0.2) is 35.4 Å². The van der Waals surface area contributed by atoms with Gasteiger partial charge in [0.25, 0.3) is 0 Å². The summed E-state index contributed by atoms with van der Waals surface area (Å²) < 4.78 is 66.3. The van der Waals surface area contributed by atoms with E-state index in [1.165, 1.54) is 22.6 Å². The lowest BCUT2D eigenvalue weighted by Crippen LogP contribution is -2.44. The molecule has 0 bridgehead atoms. The van der Waals surface area contributed by atoms with Crippen molar-refractivity contribution in [3.63, 3.8) is 0 Å². The summed E-state index contributed by atoms with van der Waals surface area (Å²) in [6.45, 7) is 0.149. The molecule has 2 N–H and O–H groups in total. The van der Waals surface area contributed by atoms with Crippen molar-refractivity contribution in [2.24, 2.45) is 5.92 Å². The lowest BCUT2D eigenvalue weighted by molar-refractivity contribution is -0.125. The van der Waals surface area contributed by atoms with Crippen LogP contribution in [0.5, 0.6) is 0 Å². The number of piperidine rings is 1. The van der Waals surface area contributed by atoms with Crippen molar-refractivity contribution in [1.29, 1.82) is 0 Å². The molecule has 1 saturated heterocycles. The van der Waals surface area contributed by atoms with Crippen LogP contribution in [-0.4, -0.2) is 36.7 Å². The van der Waals surface area contributed by atoms with Gasteiger partial charge in [-0.2, -0.15) is 4.31 Å². The largest absolute Gasteiger partial charge is 0.296 e. The van der Waals surface area contributed by atoms with Gasteiger partial charge >= 0.3 is 0 Å². The molecule has 0 radical (unpaired) electrons. The van der Waals surface area contributed by atoms with E-state index in [1.54, 1.807) is 0 Å². The smallest absolute Gasteiger partial charge is 0.246 e. The van der Waals surface area contributed by atoms with Crippen molar-refractivity contribution in [1.82, 2.24) is 14.7 Å². The third kappa shape index (κ3) is 4.46. The van der Waals surface area contributed by atoms with Gasteiger partial charge in [0, 0.05) is 25.2 Å². The lowest BCUT2D eigenvalue weighted by Gasteiger charge is -2.30. The van der Waals surface area contributed by atoms with Gasteiger partial charge in [0.15, 0.2) is 17.5 Å². The molecule has 12 heteroatoms. The molecule has 0 saturated carbocycles. The van der Waals surface area contributed by atoms with Crippen LogP contribution in [0, 0.1) is 23.4 Å². The van der Waals surface area contributed by atoms with Gasteiger partial charge in [0.2, 0.25) is 15.9 Å². The van der Waals surface area contributed by atoms with Crippen LogP contribution in [0.3, 0.4) is 0 Å². The van der Waals surface area contributed by atoms with Crippen molar-refractivity contribution in [2.75, 3.05) is 18.5 Å². The summed E-state index contributed by atoms with van der Waals surface area (Å²) in [5.74, 6) is -5.53. The van der Waals surface area contributed by atoms with Gasteiger partial charge in [-0.1, -0.05) is 11.6 Å². The third-order valence-electron chi connectivity index (χ3n) is 4.52. The average molecular weight is 449 g/mol. The summed E-state index contributed by atoms with van der Waals surface area (Å²) in [6.07, 6.45) is 1.80. The predicted octanol–water partition coefficient (Wildman–Crippen LogP) is 2.70. The zero-order chi connectivity index (χ0) is 21.2. The monoisotopic (exact) mass is 448 g/mol. The molecule has 1 aliphatic heterocycles. The maximum absolute atomic E-state index is 13.6. The first-order valence-corrected chi connectivity index (χ1v) is 10.3. The number of rotatable bonds is 5. The fourth-order valence-electron chi connectivity index (χ4n) is 2.91. The molecule has 156 valence electrons. The van der Waals surface area contributed by atoms with Crippen LogP contribution in [0.4, 0.5) is 18.9 Å². The van der Waals surface area contributed by atoms with Gasteiger partial charge < -0.3 is 0 Å². The van der Waals surface area contributed by atoms with E-state index in [-0.39, 0.29) is 36.0 Å². The zero-order valence-corrected chi connectivity index (χ0v) is 16.4. The maximum atomic E-state index is 13.6. The van der Waals surface area contributed by atoms with Gasteiger partial charge in [-0.05, 0) is 37.1 Å². The van der Waals surface area contributed by atoms with E-state index in [9.17, 15) is 26.4 Å². The van der Waals surface area contributed by atoms with E-state index in [1.807, 2.05) is 0 Å². The topological polar surface area (TPSA) is 91.4 Å². The number of nitrogens with one attached hydrogen (secondary N) is 2. The van der Waals surface area contributed by atoms with E-state index in [4.69, 9.17) is 11.6 Å². The molecule has 1 aromatic carbocycles. The maximum Gasteiger partial charge on any atom is 0.246 e. The summed E-state index contributed by atoms with van der Waals surface area (Å²) in [6, 6.07) is 4.48. The minimum absolute atomic E-state index is 0.0746. The normalized spacial score (nSPS) is 15.9.